The highest BCUT2D eigenvalue weighted by atomic mass is 19.4. The summed E-state index contributed by atoms with van der Waals surface area (Å²) in [5.74, 6) is -0.494. The van der Waals surface area contributed by atoms with E-state index in [4.69, 9.17) is 4.74 Å². The average Bonchev–Trinajstić information content (AvgIpc) is 2.41. The molecule has 0 unspecified atom stereocenters. The van der Waals surface area contributed by atoms with Crippen molar-refractivity contribution in [3.63, 3.8) is 0 Å². The predicted molar refractivity (Wildman–Crippen MR) is 69.6 cm³/mol. The number of rotatable bonds is 2. The van der Waals surface area contributed by atoms with Crippen LogP contribution in [0.3, 0.4) is 0 Å². The van der Waals surface area contributed by atoms with Crippen molar-refractivity contribution < 1.29 is 17.9 Å². The van der Waals surface area contributed by atoms with Gasteiger partial charge in [0.25, 0.3) is 0 Å². The van der Waals surface area contributed by atoms with Gasteiger partial charge in [-0.3, -0.25) is 0 Å². The summed E-state index contributed by atoms with van der Waals surface area (Å²) in [5, 5.41) is 0. The van der Waals surface area contributed by atoms with Crippen molar-refractivity contribution in [3.8, 4) is 11.5 Å². The van der Waals surface area contributed by atoms with Crippen LogP contribution in [0.1, 0.15) is 25.2 Å². The fourth-order valence-electron chi connectivity index (χ4n) is 1.33. The molecule has 1 heterocycles. The van der Waals surface area contributed by atoms with Crippen molar-refractivity contribution in [3.05, 3.63) is 48.0 Å². The number of benzene rings is 1. The lowest BCUT2D eigenvalue weighted by Gasteiger charge is -2.07. The summed E-state index contributed by atoms with van der Waals surface area (Å²) < 4.78 is 42.0. The summed E-state index contributed by atoms with van der Waals surface area (Å²) in [6.45, 7) is 5.89. The molecule has 0 saturated heterocycles. The highest BCUT2D eigenvalue weighted by Crippen LogP contribution is 2.27. The number of alkyl halides is 3. The molecule has 0 aliphatic heterocycles. The molecular weight excluding hydrogens is 269 g/mol. The number of aromatic nitrogens is 2. The third kappa shape index (κ3) is 4.53. The van der Waals surface area contributed by atoms with Gasteiger partial charge in [0.1, 0.15) is 5.75 Å². The Morgan fingerprint density at radius 3 is 2.10 bits per heavy atom. The number of aryl methyl sites for hydroxylation is 1. The van der Waals surface area contributed by atoms with Crippen LogP contribution in [-0.4, -0.2) is 9.97 Å². The van der Waals surface area contributed by atoms with Crippen molar-refractivity contribution in [1.82, 2.24) is 9.97 Å². The molecule has 2 aromatic rings. The molecule has 108 valence electrons. The lowest BCUT2D eigenvalue weighted by molar-refractivity contribution is -0.145. The van der Waals surface area contributed by atoms with Crippen molar-refractivity contribution in [2.24, 2.45) is 0 Å². The van der Waals surface area contributed by atoms with Crippen molar-refractivity contribution in [1.29, 1.82) is 0 Å². The van der Waals surface area contributed by atoms with Crippen molar-refractivity contribution in [2.75, 3.05) is 0 Å². The highest BCUT2D eigenvalue weighted by Gasteiger charge is 2.34. The first-order valence-corrected chi connectivity index (χ1v) is 6.09. The standard InChI is InChI=1S/C12H9F3N2O.C2H6/c1-8-3-2-4-9(5-8)18-10-6-16-11(17-7-10)12(13,14)15;1-2/h2-7H,1H3;1-2H3. The lowest BCUT2D eigenvalue weighted by atomic mass is 10.2. The van der Waals surface area contributed by atoms with Crippen LogP contribution < -0.4 is 4.74 Å². The molecular formula is C14H15F3N2O. The fourth-order valence-corrected chi connectivity index (χ4v) is 1.33. The normalized spacial score (nSPS) is 10.5. The van der Waals surface area contributed by atoms with E-state index in [0.29, 0.717) is 5.75 Å². The zero-order valence-electron chi connectivity index (χ0n) is 11.4. The van der Waals surface area contributed by atoms with Crippen LogP contribution in [-0.2, 0) is 6.18 Å². The SMILES string of the molecule is CC.Cc1cccc(Oc2cnc(C(F)(F)F)nc2)c1. The maximum Gasteiger partial charge on any atom is 0.451 e. The first-order chi connectivity index (χ1) is 9.45. The predicted octanol–water partition coefficient (Wildman–Crippen LogP) is 4.62. The number of ether oxygens (including phenoxy) is 1. The number of hydrogen-bond acceptors (Lipinski definition) is 3. The van der Waals surface area contributed by atoms with E-state index < -0.39 is 12.0 Å². The van der Waals surface area contributed by atoms with Crippen LogP contribution in [0.25, 0.3) is 0 Å². The van der Waals surface area contributed by atoms with Gasteiger partial charge in [-0.2, -0.15) is 13.2 Å². The Balaban J connectivity index is 0.000000956. The van der Waals surface area contributed by atoms with E-state index in [-0.39, 0.29) is 5.75 Å². The van der Waals surface area contributed by atoms with Crippen LogP contribution in [0, 0.1) is 6.92 Å². The van der Waals surface area contributed by atoms with Crippen LogP contribution in [0.2, 0.25) is 0 Å². The molecule has 0 fully saturated rings. The second-order valence-electron chi connectivity index (χ2n) is 3.66. The molecule has 0 bridgehead atoms. The van der Waals surface area contributed by atoms with E-state index in [9.17, 15) is 13.2 Å². The molecule has 0 aliphatic carbocycles. The van der Waals surface area contributed by atoms with Crippen LogP contribution in [0.5, 0.6) is 11.5 Å². The Kier molecular flexibility index (Phi) is 5.49. The van der Waals surface area contributed by atoms with E-state index in [2.05, 4.69) is 9.97 Å². The molecule has 1 aromatic carbocycles. The second-order valence-corrected chi connectivity index (χ2v) is 3.66. The summed E-state index contributed by atoms with van der Waals surface area (Å²) in [7, 11) is 0. The van der Waals surface area contributed by atoms with Gasteiger partial charge in [-0.15, -0.1) is 0 Å². The van der Waals surface area contributed by atoms with Gasteiger partial charge in [-0.25, -0.2) is 9.97 Å². The maximum absolute atomic E-state index is 12.2. The molecule has 0 amide bonds. The molecule has 20 heavy (non-hydrogen) atoms. The Morgan fingerprint density at radius 2 is 1.60 bits per heavy atom. The van der Waals surface area contributed by atoms with Gasteiger partial charge in [0.2, 0.25) is 5.82 Å². The minimum atomic E-state index is -4.54. The summed E-state index contributed by atoms with van der Waals surface area (Å²) in [5.41, 5.74) is 0.986. The first kappa shape index (κ1) is 15.9. The van der Waals surface area contributed by atoms with E-state index in [0.717, 1.165) is 18.0 Å². The summed E-state index contributed by atoms with van der Waals surface area (Å²) >= 11 is 0. The van der Waals surface area contributed by atoms with E-state index >= 15 is 0 Å². The summed E-state index contributed by atoms with van der Waals surface area (Å²) in [6, 6.07) is 7.13. The number of hydrogen-bond donors (Lipinski definition) is 0. The third-order valence-electron chi connectivity index (χ3n) is 2.11. The fraction of sp³-hybridized carbons (Fsp3) is 0.286. The highest BCUT2D eigenvalue weighted by molar-refractivity contribution is 5.31. The van der Waals surface area contributed by atoms with Gasteiger partial charge < -0.3 is 4.74 Å². The Morgan fingerprint density at radius 1 is 1.00 bits per heavy atom. The molecule has 0 aliphatic rings. The largest absolute Gasteiger partial charge is 0.454 e. The zero-order chi connectivity index (χ0) is 15.2. The topological polar surface area (TPSA) is 35.0 Å². The minimum absolute atomic E-state index is 0.161. The summed E-state index contributed by atoms with van der Waals surface area (Å²) in [4.78, 5) is 6.41. The molecule has 0 radical (unpaired) electrons. The van der Waals surface area contributed by atoms with Gasteiger partial charge in [-0.05, 0) is 24.6 Å². The average molecular weight is 284 g/mol. The summed E-state index contributed by atoms with van der Waals surface area (Å²) in [6.07, 6.45) is -2.54. The van der Waals surface area contributed by atoms with E-state index in [1.54, 1.807) is 18.2 Å². The van der Waals surface area contributed by atoms with Crippen molar-refractivity contribution in [2.45, 2.75) is 26.9 Å². The molecule has 6 heteroatoms. The molecule has 3 nitrogen and oxygen atoms in total. The lowest BCUT2D eigenvalue weighted by Crippen LogP contribution is -2.10. The smallest absolute Gasteiger partial charge is 0.451 e. The van der Waals surface area contributed by atoms with Gasteiger partial charge in [0, 0.05) is 0 Å². The van der Waals surface area contributed by atoms with Gasteiger partial charge in [-0.1, -0.05) is 26.0 Å². The van der Waals surface area contributed by atoms with Gasteiger partial charge in [0.15, 0.2) is 5.75 Å². The van der Waals surface area contributed by atoms with E-state index in [1.165, 1.54) is 0 Å². The van der Waals surface area contributed by atoms with Crippen LogP contribution in [0.4, 0.5) is 13.2 Å². The molecule has 0 N–H and O–H groups in total. The van der Waals surface area contributed by atoms with Gasteiger partial charge in [0.05, 0.1) is 12.4 Å². The molecule has 0 spiro atoms. The van der Waals surface area contributed by atoms with Gasteiger partial charge >= 0.3 is 6.18 Å². The third-order valence-corrected chi connectivity index (χ3v) is 2.11. The monoisotopic (exact) mass is 284 g/mol. The first-order valence-electron chi connectivity index (χ1n) is 6.09. The number of nitrogens with zero attached hydrogens (tertiary/aromatic N) is 2. The Hall–Kier alpha value is -2.11. The Labute approximate surface area is 115 Å². The Bertz CT molecular complexity index is 539. The zero-order valence-corrected chi connectivity index (χ0v) is 11.4. The number of halogens is 3. The molecule has 2 rings (SSSR count). The van der Waals surface area contributed by atoms with Crippen LogP contribution >= 0.6 is 0 Å². The second kappa shape index (κ2) is 6.88. The molecule has 0 atom stereocenters. The molecule has 0 saturated carbocycles. The molecule has 1 aromatic heterocycles. The van der Waals surface area contributed by atoms with Crippen molar-refractivity contribution >= 4 is 0 Å². The quantitative estimate of drug-likeness (QED) is 0.807. The minimum Gasteiger partial charge on any atom is -0.454 e. The maximum atomic E-state index is 12.2. The van der Waals surface area contributed by atoms with Crippen LogP contribution in [0.15, 0.2) is 36.7 Å². The van der Waals surface area contributed by atoms with E-state index in [1.807, 2.05) is 26.8 Å².